The second-order valence-corrected chi connectivity index (χ2v) is 10.2. The van der Waals surface area contributed by atoms with E-state index in [1.807, 2.05) is 0 Å². The summed E-state index contributed by atoms with van der Waals surface area (Å²) in [5.41, 5.74) is 7.48. The van der Waals surface area contributed by atoms with Crippen molar-refractivity contribution >= 4 is 45.0 Å². The lowest BCUT2D eigenvalue weighted by Crippen LogP contribution is -2.28. The molecule has 0 bridgehead atoms. The van der Waals surface area contributed by atoms with E-state index in [0.29, 0.717) is 41.2 Å². The lowest BCUT2D eigenvalue weighted by Gasteiger charge is -2.18. The predicted molar refractivity (Wildman–Crippen MR) is 145 cm³/mol. The van der Waals surface area contributed by atoms with Gasteiger partial charge in [-0.25, -0.2) is 9.37 Å². The molecule has 13 heteroatoms. The van der Waals surface area contributed by atoms with Crippen LogP contribution in [0.1, 0.15) is 44.5 Å². The van der Waals surface area contributed by atoms with Crippen molar-refractivity contribution in [2.75, 3.05) is 11.9 Å². The van der Waals surface area contributed by atoms with E-state index in [9.17, 15) is 28.7 Å². The molecule has 2 aromatic carbocycles. The number of nitrogens with two attached hydrogens (primary N) is 1. The van der Waals surface area contributed by atoms with E-state index in [0.717, 1.165) is 16.0 Å². The molecule has 0 saturated carbocycles. The molecule has 11 nitrogen and oxygen atoms in total. The lowest BCUT2D eigenvalue weighted by molar-refractivity contribution is -0.138. The van der Waals surface area contributed by atoms with Crippen LogP contribution in [0.3, 0.4) is 0 Å². The number of thiophene rings is 1. The Balaban J connectivity index is 0.000000306. The largest absolute Gasteiger partial charge is 0.482 e. The average molecular weight is 566 g/mol. The third-order valence-corrected chi connectivity index (χ3v) is 7.64. The van der Waals surface area contributed by atoms with Gasteiger partial charge in [-0.05, 0) is 53.8 Å². The molecule has 2 aliphatic rings. The molecule has 4 aromatic rings. The van der Waals surface area contributed by atoms with Gasteiger partial charge in [0.1, 0.15) is 16.4 Å². The molecule has 40 heavy (non-hydrogen) atoms. The fourth-order valence-electron chi connectivity index (χ4n) is 4.53. The molecular formula is C27H24FN5O6S. The Morgan fingerprint density at radius 1 is 1.18 bits per heavy atom. The normalized spacial score (nSPS) is 15.2. The van der Waals surface area contributed by atoms with Crippen LogP contribution in [0.5, 0.6) is 5.75 Å². The maximum Gasteiger partial charge on any atom is 0.311 e. The third-order valence-electron chi connectivity index (χ3n) is 6.48. The van der Waals surface area contributed by atoms with E-state index < -0.39 is 23.4 Å². The van der Waals surface area contributed by atoms with E-state index in [4.69, 9.17) is 10.5 Å². The lowest BCUT2D eigenvalue weighted by atomic mass is 10.0. The van der Waals surface area contributed by atoms with Crippen LogP contribution in [0.15, 0.2) is 47.3 Å². The highest BCUT2D eigenvalue weighted by Gasteiger charge is 2.34. The van der Waals surface area contributed by atoms with Crippen LogP contribution in [0.4, 0.5) is 10.1 Å². The number of anilines is 1. The molecule has 2 amide bonds. The summed E-state index contributed by atoms with van der Waals surface area (Å²) in [6, 6.07) is 11.3. The van der Waals surface area contributed by atoms with E-state index in [-0.39, 0.29) is 36.1 Å². The first-order valence-corrected chi connectivity index (χ1v) is 13.1. The number of aromatic amines is 1. The fourth-order valence-corrected chi connectivity index (χ4v) is 5.78. The van der Waals surface area contributed by atoms with Gasteiger partial charge in [-0.1, -0.05) is 18.2 Å². The van der Waals surface area contributed by atoms with Gasteiger partial charge in [0.05, 0.1) is 17.0 Å². The van der Waals surface area contributed by atoms with Crippen LogP contribution in [0.25, 0.3) is 10.2 Å². The molecule has 0 spiro atoms. The Hall–Kier alpha value is -4.62. The van der Waals surface area contributed by atoms with Crippen LogP contribution < -0.4 is 26.7 Å². The van der Waals surface area contributed by atoms with Gasteiger partial charge in [0, 0.05) is 18.0 Å². The topological polar surface area (TPSA) is 176 Å². The van der Waals surface area contributed by atoms with E-state index in [1.165, 1.54) is 23.5 Å². The Morgan fingerprint density at radius 3 is 2.65 bits per heavy atom. The number of rotatable bonds is 5. The number of carboxylic acids is 1. The predicted octanol–water partition coefficient (Wildman–Crippen LogP) is 2.64. The van der Waals surface area contributed by atoms with Gasteiger partial charge in [0.15, 0.2) is 6.61 Å². The number of carboxylic acid groups (broad SMARTS) is 1. The summed E-state index contributed by atoms with van der Waals surface area (Å²) in [5.74, 6) is -2.31. The van der Waals surface area contributed by atoms with Crippen molar-refractivity contribution in [1.82, 2.24) is 15.3 Å². The molecule has 6 rings (SSSR count). The molecular weight excluding hydrogens is 541 g/mol. The number of halogens is 1. The van der Waals surface area contributed by atoms with Crippen molar-refractivity contribution in [3.8, 4) is 5.75 Å². The fraction of sp³-hybridized carbons (Fsp3) is 0.222. The van der Waals surface area contributed by atoms with Crippen molar-refractivity contribution < 1.29 is 28.6 Å². The molecule has 0 saturated heterocycles. The van der Waals surface area contributed by atoms with Gasteiger partial charge in [-0.2, -0.15) is 0 Å². The molecule has 2 aromatic heterocycles. The number of fused-ring (bicyclic) bond motifs is 4. The molecule has 3 heterocycles. The Bertz CT molecular complexity index is 1680. The number of ether oxygens (including phenoxy) is 1. The summed E-state index contributed by atoms with van der Waals surface area (Å²) < 4.78 is 17.5. The molecule has 1 aliphatic carbocycles. The molecule has 206 valence electrons. The zero-order chi connectivity index (χ0) is 28.4. The maximum absolute atomic E-state index is 12.6. The molecule has 0 radical (unpaired) electrons. The second kappa shape index (κ2) is 11.2. The number of nitrogens with zero attached hydrogens (tertiary/aromatic N) is 1. The van der Waals surface area contributed by atoms with Crippen LogP contribution in [-0.4, -0.2) is 39.5 Å². The van der Waals surface area contributed by atoms with Gasteiger partial charge in [0.2, 0.25) is 5.82 Å². The van der Waals surface area contributed by atoms with Crippen molar-refractivity contribution in [1.29, 1.82) is 0 Å². The highest BCUT2D eigenvalue weighted by molar-refractivity contribution is 7.18. The van der Waals surface area contributed by atoms with Crippen LogP contribution in [0, 0.1) is 5.82 Å². The zero-order valence-electron chi connectivity index (χ0n) is 21.0. The SMILES string of the molecule is NCc1ccc(F)cc1.O=C1COc2ccc(CNC(=O)c3nc4sc5c(c4c(=O)[nH]3)C(C(=O)O)CC5)cc2N1. The number of aryl methyl sites for hydroxylation is 1. The second-order valence-electron chi connectivity index (χ2n) is 9.14. The summed E-state index contributed by atoms with van der Waals surface area (Å²) in [6.07, 6.45) is 1.03. The quantitative estimate of drug-likeness (QED) is 0.245. The Morgan fingerprint density at radius 2 is 1.93 bits per heavy atom. The molecule has 0 fully saturated rings. The van der Waals surface area contributed by atoms with Crippen LogP contribution in [0.2, 0.25) is 0 Å². The number of carbonyl (C=O) groups excluding carboxylic acids is 2. The zero-order valence-corrected chi connectivity index (χ0v) is 21.8. The van der Waals surface area contributed by atoms with Gasteiger partial charge in [0.25, 0.3) is 17.4 Å². The number of amides is 2. The number of hydrogen-bond acceptors (Lipinski definition) is 8. The first-order chi connectivity index (χ1) is 19.2. The number of carbonyl (C=O) groups is 3. The summed E-state index contributed by atoms with van der Waals surface area (Å²) in [4.78, 5) is 56.1. The minimum absolute atomic E-state index is 0.0377. The Labute approximate surface area is 230 Å². The maximum atomic E-state index is 12.6. The van der Waals surface area contributed by atoms with Crippen LogP contribution in [-0.2, 0) is 29.1 Å². The first kappa shape index (κ1) is 27.0. The summed E-state index contributed by atoms with van der Waals surface area (Å²) in [6.45, 7) is 0.579. The number of nitrogens with one attached hydrogen (secondary N) is 3. The van der Waals surface area contributed by atoms with Crippen LogP contribution >= 0.6 is 11.3 Å². The van der Waals surface area contributed by atoms with E-state index in [2.05, 4.69) is 20.6 Å². The third kappa shape index (κ3) is 5.55. The first-order valence-electron chi connectivity index (χ1n) is 12.3. The molecule has 1 aliphatic heterocycles. The van der Waals surface area contributed by atoms with Crippen molar-refractivity contribution in [2.24, 2.45) is 5.73 Å². The summed E-state index contributed by atoms with van der Waals surface area (Å²) in [5, 5.41) is 15.1. The Kier molecular flexibility index (Phi) is 7.58. The molecule has 1 unspecified atom stereocenters. The number of hydrogen-bond donors (Lipinski definition) is 5. The molecule has 1 atom stereocenters. The van der Waals surface area contributed by atoms with Gasteiger partial charge >= 0.3 is 5.97 Å². The monoisotopic (exact) mass is 565 g/mol. The van der Waals surface area contributed by atoms with Crippen molar-refractivity contribution in [3.63, 3.8) is 0 Å². The summed E-state index contributed by atoms with van der Waals surface area (Å²) >= 11 is 1.25. The minimum atomic E-state index is -0.966. The number of aromatic nitrogens is 2. The van der Waals surface area contributed by atoms with Crippen molar-refractivity contribution in [2.45, 2.75) is 31.8 Å². The summed E-state index contributed by atoms with van der Waals surface area (Å²) in [7, 11) is 0. The van der Waals surface area contributed by atoms with Gasteiger partial charge < -0.3 is 31.2 Å². The smallest absolute Gasteiger partial charge is 0.311 e. The number of H-pyrrole nitrogens is 1. The highest BCUT2D eigenvalue weighted by atomic mass is 32.1. The highest BCUT2D eigenvalue weighted by Crippen LogP contribution is 2.42. The van der Waals surface area contributed by atoms with E-state index >= 15 is 0 Å². The number of benzene rings is 2. The number of aliphatic carboxylic acids is 1. The van der Waals surface area contributed by atoms with Gasteiger partial charge in [-0.15, -0.1) is 11.3 Å². The average Bonchev–Trinajstić information content (AvgIpc) is 3.51. The minimum Gasteiger partial charge on any atom is -0.482 e. The molecule has 6 N–H and O–H groups in total. The van der Waals surface area contributed by atoms with Crippen molar-refractivity contribution in [3.05, 3.63) is 86.0 Å². The van der Waals surface area contributed by atoms with Gasteiger partial charge in [-0.3, -0.25) is 19.2 Å². The standard InChI is InChI=1S/C20H16N4O6S.C7H8FN/c25-13-7-30-11-3-1-8(5-10(11)22-13)6-21-18(27)16-23-17(26)15-14-9(20(28)29)2-4-12(14)31-19(15)24-16;8-7-3-1-6(5-9)2-4-7/h1,3,5,9H,2,4,6-7H2,(H,21,27)(H,22,25)(H,28,29)(H,23,24,26);1-4H,5,9H2. The van der Waals surface area contributed by atoms with E-state index in [1.54, 1.807) is 30.3 Å².